The molecule has 6 nitrogen and oxygen atoms in total. The summed E-state index contributed by atoms with van der Waals surface area (Å²) >= 11 is 6.45. The van der Waals surface area contributed by atoms with E-state index in [2.05, 4.69) is 30.1 Å². The second kappa shape index (κ2) is 9.30. The second-order valence-electron chi connectivity index (χ2n) is 9.22. The number of ether oxygens (including phenoxy) is 3. The molecule has 1 N–H and O–H groups in total. The summed E-state index contributed by atoms with van der Waals surface area (Å²) in [7, 11) is 1.61. The number of hydrogen-bond acceptors (Lipinski definition) is 6. The molecule has 2 heterocycles. The van der Waals surface area contributed by atoms with E-state index in [9.17, 15) is 4.79 Å². The third kappa shape index (κ3) is 3.59. The van der Waals surface area contributed by atoms with Crippen LogP contribution in [0, 0.1) is 0 Å². The molecule has 0 aromatic heterocycles. The van der Waals surface area contributed by atoms with E-state index in [1.165, 1.54) is 0 Å². The van der Waals surface area contributed by atoms with Gasteiger partial charge in [0.15, 0.2) is 5.60 Å². The minimum atomic E-state index is -1.18. The maximum Gasteiger partial charge on any atom is 0.340 e. The molecule has 4 aromatic carbocycles. The van der Waals surface area contributed by atoms with Crippen molar-refractivity contribution in [3.8, 4) is 17.2 Å². The SMILES string of the molecule is CCN(CC)c1ccc2c(c1)Oc1cc(OC)c(Nc3ccccc3Cl)cc1C21OC(=O)c2ccccc21. The van der Waals surface area contributed by atoms with Gasteiger partial charge in [0, 0.05) is 47.6 Å². The van der Waals surface area contributed by atoms with Gasteiger partial charge < -0.3 is 24.4 Å². The Labute approximate surface area is 226 Å². The number of anilines is 3. The summed E-state index contributed by atoms with van der Waals surface area (Å²) in [5.74, 6) is 1.39. The highest BCUT2D eigenvalue weighted by Crippen LogP contribution is 2.58. The van der Waals surface area contributed by atoms with Crippen LogP contribution in [-0.4, -0.2) is 26.2 Å². The van der Waals surface area contributed by atoms with Crippen molar-refractivity contribution in [2.24, 2.45) is 0 Å². The van der Waals surface area contributed by atoms with E-state index in [0.717, 1.165) is 35.6 Å². The van der Waals surface area contributed by atoms with E-state index < -0.39 is 5.60 Å². The summed E-state index contributed by atoms with van der Waals surface area (Å²) in [6.07, 6.45) is 0. The van der Waals surface area contributed by atoms with Crippen molar-refractivity contribution in [3.05, 3.63) is 106 Å². The first-order valence-electron chi connectivity index (χ1n) is 12.6. The normalized spacial score (nSPS) is 16.7. The first kappa shape index (κ1) is 24.2. The van der Waals surface area contributed by atoms with Gasteiger partial charge in [0.05, 0.1) is 29.1 Å². The zero-order valence-corrected chi connectivity index (χ0v) is 22.1. The first-order valence-corrected chi connectivity index (χ1v) is 13.0. The minimum absolute atomic E-state index is 0.372. The predicted molar refractivity (Wildman–Crippen MR) is 150 cm³/mol. The van der Waals surface area contributed by atoms with E-state index in [4.69, 9.17) is 25.8 Å². The standard InChI is InChI=1S/C31H27ClN2O4/c1-4-34(5-2)19-14-15-22-27(16-19)37-28-18-29(36-3)26(33-25-13-9-8-12-24(25)32)17-23(28)31(22)21-11-7-6-10-20(21)30(35)38-31/h6-18,33H,4-5H2,1-3H3. The average molecular weight is 527 g/mol. The Bertz CT molecular complexity index is 1570. The van der Waals surface area contributed by atoms with Crippen molar-refractivity contribution in [1.82, 2.24) is 0 Å². The third-order valence-corrected chi connectivity index (χ3v) is 7.62. The molecule has 1 unspecified atom stereocenters. The topological polar surface area (TPSA) is 60.0 Å². The van der Waals surface area contributed by atoms with E-state index in [1.807, 2.05) is 66.7 Å². The number of carbonyl (C=O) groups excluding carboxylic acids is 1. The Kier molecular flexibility index (Phi) is 5.92. The minimum Gasteiger partial charge on any atom is -0.494 e. The van der Waals surface area contributed by atoms with Crippen molar-refractivity contribution in [3.63, 3.8) is 0 Å². The number of hydrogen-bond donors (Lipinski definition) is 1. The summed E-state index contributed by atoms with van der Waals surface area (Å²) in [6.45, 7) is 5.96. The molecule has 0 saturated heterocycles. The van der Waals surface area contributed by atoms with Gasteiger partial charge in [-0.1, -0.05) is 41.9 Å². The molecule has 6 rings (SSSR count). The van der Waals surface area contributed by atoms with Gasteiger partial charge in [-0.15, -0.1) is 0 Å². The van der Waals surface area contributed by atoms with Crippen LogP contribution in [0.2, 0.25) is 5.02 Å². The van der Waals surface area contributed by atoms with Crippen LogP contribution in [-0.2, 0) is 10.3 Å². The fourth-order valence-corrected chi connectivity index (χ4v) is 5.63. The molecule has 2 aliphatic heterocycles. The average Bonchev–Trinajstić information content (AvgIpc) is 3.23. The van der Waals surface area contributed by atoms with Gasteiger partial charge in [0.2, 0.25) is 0 Å². The van der Waals surface area contributed by atoms with Crippen molar-refractivity contribution in [2.75, 3.05) is 30.4 Å². The van der Waals surface area contributed by atoms with Gasteiger partial charge in [-0.05, 0) is 50.2 Å². The lowest BCUT2D eigenvalue weighted by atomic mass is 9.77. The number of nitrogens with one attached hydrogen (secondary N) is 1. The fraction of sp³-hybridized carbons (Fsp3) is 0.194. The van der Waals surface area contributed by atoms with Gasteiger partial charge in [-0.3, -0.25) is 0 Å². The number of nitrogens with zero attached hydrogens (tertiary/aromatic N) is 1. The fourth-order valence-electron chi connectivity index (χ4n) is 5.45. The Hall–Kier alpha value is -4.16. The Morgan fingerprint density at radius 3 is 2.37 bits per heavy atom. The molecule has 0 saturated carbocycles. The molecule has 0 aliphatic carbocycles. The largest absolute Gasteiger partial charge is 0.494 e. The van der Waals surface area contributed by atoms with Crippen LogP contribution in [0.15, 0.2) is 78.9 Å². The number of halogens is 1. The number of methoxy groups -OCH3 is 1. The number of benzene rings is 4. The number of para-hydroxylation sites is 1. The van der Waals surface area contributed by atoms with E-state index in [0.29, 0.717) is 39.1 Å². The summed E-state index contributed by atoms with van der Waals surface area (Å²) in [4.78, 5) is 15.5. The van der Waals surface area contributed by atoms with Gasteiger partial charge in [0.1, 0.15) is 17.2 Å². The summed E-state index contributed by atoms with van der Waals surface area (Å²) < 4.78 is 18.6. The van der Waals surface area contributed by atoms with Crippen molar-refractivity contribution < 1.29 is 19.0 Å². The Morgan fingerprint density at radius 1 is 0.868 bits per heavy atom. The molecular weight excluding hydrogens is 500 g/mol. The molecule has 0 fully saturated rings. The molecule has 7 heteroatoms. The van der Waals surface area contributed by atoms with Gasteiger partial charge in [-0.25, -0.2) is 4.79 Å². The Morgan fingerprint density at radius 2 is 1.61 bits per heavy atom. The molecule has 4 aromatic rings. The van der Waals surface area contributed by atoms with Crippen LogP contribution in [0.4, 0.5) is 17.1 Å². The van der Waals surface area contributed by atoms with Gasteiger partial charge in [-0.2, -0.15) is 0 Å². The lowest BCUT2D eigenvalue weighted by molar-refractivity contribution is 0.0224. The summed E-state index contributed by atoms with van der Waals surface area (Å²) in [5.41, 5.74) is 4.05. The van der Waals surface area contributed by atoms with Crippen molar-refractivity contribution >= 4 is 34.6 Å². The zero-order chi connectivity index (χ0) is 26.4. The lowest BCUT2D eigenvalue weighted by Gasteiger charge is -2.37. The van der Waals surface area contributed by atoms with Crippen LogP contribution in [0.25, 0.3) is 0 Å². The number of esters is 1. The number of fused-ring (bicyclic) bond motifs is 6. The van der Waals surface area contributed by atoms with E-state index in [1.54, 1.807) is 13.2 Å². The highest BCUT2D eigenvalue weighted by atomic mass is 35.5. The maximum absolute atomic E-state index is 13.2. The van der Waals surface area contributed by atoms with Crippen LogP contribution in [0.1, 0.15) is 40.9 Å². The van der Waals surface area contributed by atoms with Gasteiger partial charge >= 0.3 is 5.97 Å². The molecule has 0 radical (unpaired) electrons. The molecule has 2 aliphatic rings. The second-order valence-corrected chi connectivity index (χ2v) is 9.63. The van der Waals surface area contributed by atoms with Gasteiger partial charge in [0.25, 0.3) is 0 Å². The summed E-state index contributed by atoms with van der Waals surface area (Å²) in [6, 6.07) is 24.9. The maximum atomic E-state index is 13.2. The lowest BCUT2D eigenvalue weighted by Crippen LogP contribution is -2.33. The number of carbonyl (C=O) groups is 1. The molecular formula is C31H27ClN2O4. The summed E-state index contributed by atoms with van der Waals surface area (Å²) in [5, 5.41) is 3.96. The number of rotatable bonds is 6. The predicted octanol–water partition coefficient (Wildman–Crippen LogP) is 7.51. The highest BCUT2D eigenvalue weighted by molar-refractivity contribution is 6.33. The van der Waals surface area contributed by atoms with Crippen LogP contribution >= 0.6 is 11.6 Å². The quantitative estimate of drug-likeness (QED) is 0.262. The zero-order valence-electron chi connectivity index (χ0n) is 21.4. The monoisotopic (exact) mass is 526 g/mol. The molecule has 38 heavy (non-hydrogen) atoms. The Balaban J connectivity index is 1.60. The molecule has 1 spiro atoms. The molecule has 192 valence electrons. The van der Waals surface area contributed by atoms with Crippen LogP contribution < -0.4 is 19.7 Å². The van der Waals surface area contributed by atoms with E-state index >= 15 is 0 Å². The molecule has 0 amide bonds. The van der Waals surface area contributed by atoms with Crippen LogP contribution in [0.3, 0.4) is 0 Å². The first-order chi connectivity index (χ1) is 18.5. The van der Waals surface area contributed by atoms with Crippen LogP contribution in [0.5, 0.6) is 17.2 Å². The molecule has 1 atom stereocenters. The van der Waals surface area contributed by atoms with E-state index in [-0.39, 0.29) is 5.97 Å². The van der Waals surface area contributed by atoms with Crippen molar-refractivity contribution in [2.45, 2.75) is 19.4 Å². The third-order valence-electron chi connectivity index (χ3n) is 7.29. The van der Waals surface area contributed by atoms with Crippen molar-refractivity contribution in [1.29, 1.82) is 0 Å². The highest BCUT2D eigenvalue weighted by Gasteiger charge is 2.53. The molecule has 0 bridgehead atoms. The smallest absolute Gasteiger partial charge is 0.340 e.